The third-order valence-corrected chi connectivity index (χ3v) is 2.68. The third-order valence-electron chi connectivity index (χ3n) is 2.46. The molecule has 0 bridgehead atoms. The molecule has 0 saturated heterocycles. The minimum absolute atomic E-state index is 0.175. The standard InChI is InChI=1S/C12H18ClN3O2/c1-9(17)5-6-16(2)12(18)15-8-10-3-4-11(13)14-7-10/h3-4,7,9,17H,5-6,8H2,1-2H3,(H,15,18). The van der Waals surface area contributed by atoms with Crippen molar-refractivity contribution < 1.29 is 9.90 Å². The van der Waals surface area contributed by atoms with Gasteiger partial charge in [-0.2, -0.15) is 0 Å². The predicted octanol–water partition coefficient (Wildman–Crippen LogP) is 1.65. The molecule has 1 unspecified atom stereocenters. The first-order valence-electron chi connectivity index (χ1n) is 5.76. The molecule has 5 nitrogen and oxygen atoms in total. The number of aliphatic hydroxyl groups excluding tert-OH is 1. The van der Waals surface area contributed by atoms with E-state index in [2.05, 4.69) is 10.3 Å². The number of amides is 2. The van der Waals surface area contributed by atoms with Crippen LogP contribution in [-0.2, 0) is 6.54 Å². The molecule has 0 aliphatic carbocycles. The van der Waals surface area contributed by atoms with Crippen LogP contribution in [0, 0.1) is 0 Å². The summed E-state index contributed by atoms with van der Waals surface area (Å²) in [5.41, 5.74) is 0.886. The molecule has 0 aromatic carbocycles. The number of nitrogens with one attached hydrogen (secondary N) is 1. The van der Waals surface area contributed by atoms with Crippen molar-refractivity contribution >= 4 is 17.6 Å². The Morgan fingerprint density at radius 2 is 2.33 bits per heavy atom. The molecule has 0 radical (unpaired) electrons. The second-order valence-electron chi connectivity index (χ2n) is 4.21. The number of pyridine rings is 1. The van der Waals surface area contributed by atoms with E-state index in [-0.39, 0.29) is 6.03 Å². The largest absolute Gasteiger partial charge is 0.393 e. The van der Waals surface area contributed by atoms with E-state index in [1.807, 2.05) is 6.07 Å². The number of halogens is 1. The van der Waals surface area contributed by atoms with Crippen LogP contribution < -0.4 is 5.32 Å². The summed E-state index contributed by atoms with van der Waals surface area (Å²) in [5.74, 6) is 0. The SMILES string of the molecule is CC(O)CCN(C)C(=O)NCc1ccc(Cl)nc1. The zero-order valence-electron chi connectivity index (χ0n) is 10.6. The van der Waals surface area contributed by atoms with Gasteiger partial charge in [0.15, 0.2) is 0 Å². The highest BCUT2D eigenvalue weighted by Crippen LogP contribution is 2.05. The fourth-order valence-corrected chi connectivity index (χ4v) is 1.42. The van der Waals surface area contributed by atoms with E-state index < -0.39 is 6.10 Å². The lowest BCUT2D eigenvalue weighted by Gasteiger charge is -2.18. The van der Waals surface area contributed by atoms with Crippen LogP contribution in [0.3, 0.4) is 0 Å². The zero-order chi connectivity index (χ0) is 13.5. The zero-order valence-corrected chi connectivity index (χ0v) is 11.3. The predicted molar refractivity (Wildman–Crippen MR) is 70.4 cm³/mol. The molecule has 0 saturated carbocycles. The Labute approximate surface area is 112 Å². The smallest absolute Gasteiger partial charge is 0.317 e. The topological polar surface area (TPSA) is 65.5 Å². The molecule has 0 spiro atoms. The first kappa shape index (κ1) is 14.7. The molecular formula is C12H18ClN3O2. The van der Waals surface area contributed by atoms with Crippen molar-refractivity contribution in [2.24, 2.45) is 0 Å². The molecule has 0 fully saturated rings. The van der Waals surface area contributed by atoms with E-state index in [9.17, 15) is 4.79 Å². The second kappa shape index (κ2) is 7.18. The highest BCUT2D eigenvalue weighted by molar-refractivity contribution is 6.29. The monoisotopic (exact) mass is 271 g/mol. The number of hydrogen-bond acceptors (Lipinski definition) is 3. The van der Waals surface area contributed by atoms with E-state index in [4.69, 9.17) is 16.7 Å². The van der Waals surface area contributed by atoms with Crippen LogP contribution in [0.25, 0.3) is 0 Å². The number of aromatic nitrogens is 1. The molecule has 18 heavy (non-hydrogen) atoms. The van der Waals surface area contributed by atoms with E-state index in [1.54, 1.807) is 26.2 Å². The maximum Gasteiger partial charge on any atom is 0.317 e. The van der Waals surface area contributed by atoms with Crippen molar-refractivity contribution in [3.05, 3.63) is 29.0 Å². The van der Waals surface area contributed by atoms with Gasteiger partial charge in [0.25, 0.3) is 0 Å². The fraction of sp³-hybridized carbons (Fsp3) is 0.500. The van der Waals surface area contributed by atoms with Crippen LogP contribution in [0.1, 0.15) is 18.9 Å². The molecule has 2 amide bonds. The number of rotatable bonds is 5. The first-order chi connectivity index (χ1) is 8.49. The number of hydrogen-bond donors (Lipinski definition) is 2. The van der Waals surface area contributed by atoms with Crippen LogP contribution in [-0.4, -0.2) is 40.7 Å². The lowest BCUT2D eigenvalue weighted by atomic mass is 10.3. The van der Waals surface area contributed by atoms with Gasteiger partial charge in [-0.25, -0.2) is 9.78 Å². The highest BCUT2D eigenvalue weighted by atomic mass is 35.5. The van der Waals surface area contributed by atoms with Gasteiger partial charge in [0.2, 0.25) is 0 Å². The number of aliphatic hydroxyl groups is 1. The maximum absolute atomic E-state index is 11.7. The fourth-order valence-electron chi connectivity index (χ4n) is 1.31. The van der Waals surface area contributed by atoms with Gasteiger partial charge < -0.3 is 15.3 Å². The van der Waals surface area contributed by atoms with Crippen LogP contribution in [0.4, 0.5) is 4.79 Å². The summed E-state index contributed by atoms with van der Waals surface area (Å²) in [6.45, 7) is 2.62. The van der Waals surface area contributed by atoms with Crippen molar-refractivity contribution in [1.29, 1.82) is 0 Å². The van der Waals surface area contributed by atoms with Crippen molar-refractivity contribution in [3.8, 4) is 0 Å². The lowest BCUT2D eigenvalue weighted by Crippen LogP contribution is -2.38. The van der Waals surface area contributed by atoms with E-state index in [0.29, 0.717) is 24.7 Å². The summed E-state index contributed by atoms with van der Waals surface area (Å²) in [5, 5.41) is 12.3. The van der Waals surface area contributed by atoms with Crippen molar-refractivity contribution in [1.82, 2.24) is 15.2 Å². The summed E-state index contributed by atoms with van der Waals surface area (Å²) in [7, 11) is 1.69. The van der Waals surface area contributed by atoms with Gasteiger partial charge >= 0.3 is 6.03 Å². The molecule has 1 atom stereocenters. The second-order valence-corrected chi connectivity index (χ2v) is 4.59. The Morgan fingerprint density at radius 1 is 1.61 bits per heavy atom. The number of urea groups is 1. The Bertz CT molecular complexity index is 381. The molecule has 1 rings (SSSR count). The molecule has 1 aromatic rings. The number of carbonyl (C=O) groups is 1. The molecular weight excluding hydrogens is 254 g/mol. The molecule has 100 valence electrons. The van der Waals surface area contributed by atoms with Crippen molar-refractivity contribution in [2.75, 3.05) is 13.6 Å². The van der Waals surface area contributed by atoms with Crippen LogP contribution in [0.2, 0.25) is 5.15 Å². The third kappa shape index (κ3) is 5.33. The van der Waals surface area contributed by atoms with Gasteiger partial charge in [-0.15, -0.1) is 0 Å². The first-order valence-corrected chi connectivity index (χ1v) is 6.14. The van der Waals surface area contributed by atoms with E-state index in [0.717, 1.165) is 5.56 Å². The van der Waals surface area contributed by atoms with E-state index >= 15 is 0 Å². The molecule has 1 heterocycles. The Balaban J connectivity index is 2.34. The minimum Gasteiger partial charge on any atom is -0.393 e. The van der Waals surface area contributed by atoms with Gasteiger partial charge in [0, 0.05) is 26.3 Å². The summed E-state index contributed by atoms with van der Waals surface area (Å²) in [6.07, 6.45) is 1.78. The van der Waals surface area contributed by atoms with Crippen molar-refractivity contribution in [3.63, 3.8) is 0 Å². The Kier molecular flexibility index (Phi) is 5.88. The van der Waals surface area contributed by atoms with Gasteiger partial charge in [0.1, 0.15) is 5.15 Å². The van der Waals surface area contributed by atoms with Gasteiger partial charge in [-0.3, -0.25) is 0 Å². The van der Waals surface area contributed by atoms with Crippen LogP contribution >= 0.6 is 11.6 Å². The average Bonchev–Trinajstić information content (AvgIpc) is 2.34. The molecule has 0 aliphatic rings. The van der Waals surface area contributed by atoms with Crippen LogP contribution in [0.15, 0.2) is 18.3 Å². The molecule has 1 aromatic heterocycles. The quantitative estimate of drug-likeness (QED) is 0.801. The summed E-state index contributed by atoms with van der Waals surface area (Å²) >= 11 is 5.67. The van der Waals surface area contributed by atoms with Gasteiger partial charge in [-0.05, 0) is 25.0 Å². The normalized spacial score (nSPS) is 12.0. The lowest BCUT2D eigenvalue weighted by molar-refractivity contribution is 0.163. The average molecular weight is 272 g/mol. The Morgan fingerprint density at radius 3 is 2.89 bits per heavy atom. The number of nitrogens with zero attached hydrogens (tertiary/aromatic N) is 2. The maximum atomic E-state index is 11.7. The number of carbonyl (C=O) groups excluding carboxylic acids is 1. The van der Waals surface area contributed by atoms with Gasteiger partial charge in [-0.1, -0.05) is 17.7 Å². The van der Waals surface area contributed by atoms with E-state index in [1.165, 1.54) is 4.90 Å². The summed E-state index contributed by atoms with van der Waals surface area (Å²) < 4.78 is 0. The summed E-state index contributed by atoms with van der Waals surface area (Å²) in [4.78, 5) is 17.1. The summed E-state index contributed by atoms with van der Waals surface area (Å²) in [6, 6.07) is 3.32. The van der Waals surface area contributed by atoms with Gasteiger partial charge in [0.05, 0.1) is 6.10 Å². The minimum atomic E-state index is -0.402. The Hall–Kier alpha value is -1.33. The molecule has 6 heteroatoms. The highest BCUT2D eigenvalue weighted by Gasteiger charge is 2.08. The van der Waals surface area contributed by atoms with Crippen molar-refractivity contribution in [2.45, 2.75) is 26.0 Å². The van der Waals surface area contributed by atoms with Crippen LogP contribution in [0.5, 0.6) is 0 Å². The molecule has 2 N–H and O–H groups in total. The molecule has 0 aliphatic heterocycles.